The van der Waals surface area contributed by atoms with E-state index < -0.39 is 15.9 Å². The topological polar surface area (TPSA) is 108 Å². The number of hydrogen-bond donors (Lipinski definition) is 2. The molecule has 138 valence electrons. The Morgan fingerprint density at radius 3 is 2.27 bits per heavy atom. The van der Waals surface area contributed by atoms with Crippen LogP contribution < -0.4 is 10.6 Å². The van der Waals surface area contributed by atoms with E-state index in [9.17, 15) is 18.0 Å². The van der Waals surface area contributed by atoms with Crippen LogP contribution >= 0.6 is 0 Å². The SMILES string of the molecule is CC(=O)Nc1cccc(NC(=O)CN(Cc2ccncc2)S(C)(=O)=O)c1. The summed E-state index contributed by atoms with van der Waals surface area (Å²) >= 11 is 0. The highest BCUT2D eigenvalue weighted by Gasteiger charge is 2.20. The molecule has 0 bridgehead atoms. The summed E-state index contributed by atoms with van der Waals surface area (Å²) in [5, 5.41) is 5.25. The number of aromatic nitrogens is 1. The molecule has 0 atom stereocenters. The fourth-order valence-corrected chi connectivity index (χ4v) is 2.96. The van der Waals surface area contributed by atoms with Gasteiger partial charge < -0.3 is 10.6 Å². The Labute approximate surface area is 152 Å². The second kappa shape index (κ2) is 8.54. The quantitative estimate of drug-likeness (QED) is 0.760. The van der Waals surface area contributed by atoms with E-state index in [4.69, 9.17) is 0 Å². The monoisotopic (exact) mass is 376 g/mol. The first-order chi connectivity index (χ1) is 12.2. The van der Waals surface area contributed by atoms with E-state index in [0.717, 1.165) is 16.1 Å². The minimum absolute atomic E-state index is 0.0701. The first kappa shape index (κ1) is 19.5. The molecule has 2 rings (SSSR count). The van der Waals surface area contributed by atoms with Crippen molar-refractivity contribution < 1.29 is 18.0 Å². The standard InChI is InChI=1S/C17H20N4O4S/c1-13(22)19-15-4-3-5-16(10-15)20-17(23)12-21(26(2,24)25)11-14-6-8-18-9-7-14/h3-10H,11-12H2,1-2H3,(H,19,22)(H,20,23). The molecular weight excluding hydrogens is 356 g/mol. The molecular formula is C17H20N4O4S. The number of carbonyl (C=O) groups is 2. The third kappa shape index (κ3) is 6.26. The molecule has 1 aromatic carbocycles. The van der Waals surface area contributed by atoms with Gasteiger partial charge in [0.25, 0.3) is 0 Å². The Bertz CT molecular complexity index is 885. The van der Waals surface area contributed by atoms with Crippen molar-refractivity contribution >= 4 is 33.2 Å². The zero-order valence-electron chi connectivity index (χ0n) is 14.5. The fraction of sp³-hybridized carbons (Fsp3) is 0.235. The van der Waals surface area contributed by atoms with Crippen LogP contribution in [0.2, 0.25) is 0 Å². The van der Waals surface area contributed by atoms with Crippen LogP contribution in [0.3, 0.4) is 0 Å². The van der Waals surface area contributed by atoms with Gasteiger partial charge in [-0.25, -0.2) is 8.42 Å². The number of sulfonamides is 1. The predicted molar refractivity (Wildman–Crippen MR) is 98.9 cm³/mol. The smallest absolute Gasteiger partial charge is 0.239 e. The van der Waals surface area contributed by atoms with E-state index in [0.29, 0.717) is 11.4 Å². The van der Waals surface area contributed by atoms with Gasteiger partial charge in [-0.05, 0) is 35.9 Å². The van der Waals surface area contributed by atoms with Crippen LogP contribution in [0, 0.1) is 0 Å². The summed E-state index contributed by atoms with van der Waals surface area (Å²) in [4.78, 5) is 27.3. The molecule has 2 N–H and O–H groups in total. The lowest BCUT2D eigenvalue weighted by Gasteiger charge is -2.19. The summed E-state index contributed by atoms with van der Waals surface area (Å²) in [6.45, 7) is 1.13. The molecule has 0 fully saturated rings. The summed E-state index contributed by atoms with van der Waals surface area (Å²) in [5.41, 5.74) is 1.72. The molecule has 8 nitrogen and oxygen atoms in total. The third-order valence-electron chi connectivity index (χ3n) is 3.36. The third-order valence-corrected chi connectivity index (χ3v) is 4.56. The van der Waals surface area contributed by atoms with Gasteiger partial charge in [-0.2, -0.15) is 4.31 Å². The number of hydrogen-bond acceptors (Lipinski definition) is 5. The van der Waals surface area contributed by atoms with Gasteiger partial charge in [0, 0.05) is 37.2 Å². The summed E-state index contributed by atoms with van der Waals surface area (Å²) in [5.74, 6) is -0.710. The number of carbonyl (C=O) groups excluding carboxylic acids is 2. The van der Waals surface area contributed by atoms with Crippen LogP contribution in [0.4, 0.5) is 11.4 Å². The normalized spacial score (nSPS) is 11.2. The lowest BCUT2D eigenvalue weighted by atomic mass is 10.2. The van der Waals surface area contributed by atoms with Gasteiger partial charge in [-0.3, -0.25) is 14.6 Å². The van der Waals surface area contributed by atoms with Crippen molar-refractivity contribution in [1.29, 1.82) is 0 Å². The van der Waals surface area contributed by atoms with Crippen LogP contribution in [0.1, 0.15) is 12.5 Å². The molecule has 0 saturated heterocycles. The molecule has 0 aliphatic heterocycles. The van der Waals surface area contributed by atoms with Gasteiger partial charge in [-0.15, -0.1) is 0 Å². The van der Waals surface area contributed by atoms with Crippen LogP contribution in [0.5, 0.6) is 0 Å². The molecule has 0 aliphatic carbocycles. The molecule has 0 spiro atoms. The van der Waals surface area contributed by atoms with Gasteiger partial charge in [0.2, 0.25) is 21.8 Å². The van der Waals surface area contributed by atoms with Gasteiger partial charge in [0.1, 0.15) is 0 Å². The maximum Gasteiger partial charge on any atom is 0.239 e. The molecule has 0 aliphatic rings. The van der Waals surface area contributed by atoms with Crippen molar-refractivity contribution in [2.24, 2.45) is 0 Å². The second-order valence-corrected chi connectivity index (χ2v) is 7.68. The number of anilines is 2. The van der Waals surface area contributed by atoms with E-state index in [1.807, 2.05) is 0 Å². The van der Waals surface area contributed by atoms with E-state index >= 15 is 0 Å². The van der Waals surface area contributed by atoms with Crippen LogP contribution in [-0.2, 0) is 26.2 Å². The summed E-state index contributed by atoms with van der Waals surface area (Å²) in [7, 11) is -3.58. The number of pyridine rings is 1. The van der Waals surface area contributed by atoms with Gasteiger partial charge >= 0.3 is 0 Å². The van der Waals surface area contributed by atoms with Crippen molar-refractivity contribution in [1.82, 2.24) is 9.29 Å². The maximum absolute atomic E-state index is 12.3. The zero-order chi connectivity index (χ0) is 19.2. The summed E-state index contributed by atoms with van der Waals surface area (Å²) in [6, 6.07) is 9.97. The van der Waals surface area contributed by atoms with E-state index in [1.165, 1.54) is 6.92 Å². The molecule has 9 heteroatoms. The Kier molecular flexibility index (Phi) is 6.42. The number of nitrogens with zero attached hydrogens (tertiary/aromatic N) is 2. The second-order valence-electron chi connectivity index (χ2n) is 5.70. The Morgan fingerprint density at radius 2 is 1.69 bits per heavy atom. The highest BCUT2D eigenvalue weighted by atomic mass is 32.2. The van der Waals surface area contributed by atoms with Crippen molar-refractivity contribution in [3.63, 3.8) is 0 Å². The Hall–Kier alpha value is -2.78. The van der Waals surface area contributed by atoms with Gasteiger partial charge in [0.05, 0.1) is 12.8 Å². The van der Waals surface area contributed by atoms with Gasteiger partial charge in [-0.1, -0.05) is 6.07 Å². The molecule has 0 radical (unpaired) electrons. The van der Waals surface area contributed by atoms with Gasteiger partial charge in [0.15, 0.2) is 0 Å². The zero-order valence-corrected chi connectivity index (χ0v) is 15.3. The summed E-state index contributed by atoms with van der Waals surface area (Å²) in [6.07, 6.45) is 4.17. The van der Waals surface area contributed by atoms with E-state index in [-0.39, 0.29) is 19.0 Å². The number of rotatable bonds is 7. The molecule has 0 saturated carbocycles. The lowest BCUT2D eigenvalue weighted by molar-refractivity contribution is -0.116. The summed E-state index contributed by atoms with van der Waals surface area (Å²) < 4.78 is 25.0. The lowest BCUT2D eigenvalue weighted by Crippen LogP contribution is -2.36. The average Bonchev–Trinajstić information content (AvgIpc) is 2.54. The predicted octanol–water partition coefficient (Wildman–Crippen LogP) is 1.44. The van der Waals surface area contributed by atoms with Crippen LogP contribution in [-0.4, -0.2) is 42.3 Å². The minimum Gasteiger partial charge on any atom is -0.326 e. The molecule has 1 aromatic heterocycles. The number of benzene rings is 1. The molecule has 2 aromatic rings. The van der Waals surface area contributed by atoms with Crippen molar-refractivity contribution in [2.75, 3.05) is 23.4 Å². The highest BCUT2D eigenvalue weighted by molar-refractivity contribution is 7.88. The maximum atomic E-state index is 12.3. The first-order valence-electron chi connectivity index (χ1n) is 7.75. The number of amides is 2. The molecule has 2 amide bonds. The fourth-order valence-electron chi connectivity index (χ4n) is 2.22. The Morgan fingerprint density at radius 1 is 1.08 bits per heavy atom. The van der Waals surface area contributed by atoms with Crippen molar-refractivity contribution in [2.45, 2.75) is 13.5 Å². The molecule has 0 unspecified atom stereocenters. The van der Waals surface area contributed by atoms with E-state index in [1.54, 1.807) is 48.8 Å². The number of nitrogens with one attached hydrogen (secondary N) is 2. The van der Waals surface area contributed by atoms with E-state index in [2.05, 4.69) is 15.6 Å². The largest absolute Gasteiger partial charge is 0.326 e. The molecule has 1 heterocycles. The first-order valence-corrected chi connectivity index (χ1v) is 9.60. The van der Waals surface area contributed by atoms with Crippen LogP contribution in [0.15, 0.2) is 48.8 Å². The van der Waals surface area contributed by atoms with Crippen molar-refractivity contribution in [3.05, 3.63) is 54.4 Å². The minimum atomic E-state index is -3.58. The van der Waals surface area contributed by atoms with Crippen LogP contribution in [0.25, 0.3) is 0 Å². The van der Waals surface area contributed by atoms with Crippen molar-refractivity contribution in [3.8, 4) is 0 Å². The molecule has 26 heavy (non-hydrogen) atoms. The highest BCUT2D eigenvalue weighted by Crippen LogP contribution is 2.15. The Balaban J connectivity index is 2.06. The average molecular weight is 376 g/mol.